The number of pyridine rings is 1. The van der Waals surface area contributed by atoms with Crippen LogP contribution in [0.15, 0.2) is 65.2 Å². The first-order chi connectivity index (χ1) is 14.6. The summed E-state index contributed by atoms with van der Waals surface area (Å²) in [6.07, 6.45) is 2.26. The molecule has 1 aliphatic rings. The first kappa shape index (κ1) is 20.0. The number of aromatic nitrogens is 1. The maximum absolute atomic E-state index is 11.4. The standard InChI is InChI=1S/C21H20N4O4S/c26-13-5-12-24-20(19(23-21(24)30)15-7-3-4-11-22-15)18-10-9-17(29-18)14-6-1-2-8-16(14)25(27)28/h1-4,6-11,19-20,26H,5,12-13H2,(H,23,30)/t19-,20-/m1/s1. The summed E-state index contributed by atoms with van der Waals surface area (Å²) in [5.74, 6) is 1.03. The molecule has 0 saturated carbocycles. The number of para-hydroxylation sites is 1. The Morgan fingerprint density at radius 2 is 2.00 bits per heavy atom. The number of aliphatic hydroxyl groups is 1. The van der Waals surface area contributed by atoms with Gasteiger partial charge in [-0.2, -0.15) is 0 Å². The van der Waals surface area contributed by atoms with E-state index in [9.17, 15) is 15.2 Å². The highest BCUT2D eigenvalue weighted by Gasteiger charge is 2.41. The maximum Gasteiger partial charge on any atom is 0.280 e. The highest BCUT2D eigenvalue weighted by molar-refractivity contribution is 7.80. The quantitative estimate of drug-likeness (QED) is 0.337. The first-order valence-electron chi connectivity index (χ1n) is 9.52. The molecule has 4 rings (SSSR count). The zero-order valence-corrected chi connectivity index (χ0v) is 16.8. The molecule has 1 saturated heterocycles. The van der Waals surface area contributed by atoms with E-state index < -0.39 is 4.92 Å². The van der Waals surface area contributed by atoms with E-state index in [1.165, 1.54) is 6.07 Å². The van der Waals surface area contributed by atoms with Gasteiger partial charge in [-0.15, -0.1) is 0 Å². The molecule has 2 atom stereocenters. The van der Waals surface area contributed by atoms with Crippen molar-refractivity contribution >= 4 is 23.0 Å². The molecule has 3 heterocycles. The second kappa shape index (κ2) is 8.60. The molecule has 154 valence electrons. The Labute approximate surface area is 178 Å². The van der Waals surface area contributed by atoms with Crippen molar-refractivity contribution in [2.24, 2.45) is 0 Å². The van der Waals surface area contributed by atoms with Crippen molar-refractivity contribution in [3.05, 3.63) is 82.4 Å². The monoisotopic (exact) mass is 424 g/mol. The van der Waals surface area contributed by atoms with Gasteiger partial charge >= 0.3 is 0 Å². The van der Waals surface area contributed by atoms with Gasteiger partial charge in [0.15, 0.2) is 5.11 Å². The van der Waals surface area contributed by atoms with Crippen LogP contribution in [0.25, 0.3) is 11.3 Å². The Balaban J connectivity index is 1.74. The van der Waals surface area contributed by atoms with Crippen LogP contribution in [0, 0.1) is 10.1 Å². The molecule has 30 heavy (non-hydrogen) atoms. The van der Waals surface area contributed by atoms with Crippen LogP contribution in [0.5, 0.6) is 0 Å². The lowest BCUT2D eigenvalue weighted by atomic mass is 10.0. The fourth-order valence-corrected chi connectivity index (χ4v) is 4.03. The van der Waals surface area contributed by atoms with E-state index in [4.69, 9.17) is 16.6 Å². The number of nitrogens with one attached hydrogen (secondary N) is 1. The SMILES string of the molecule is O=[N+]([O-])c1ccccc1-c1ccc([C@@H]2[C@@H](c3ccccn3)NC(=S)N2CCCO)o1. The molecule has 0 aliphatic carbocycles. The van der Waals surface area contributed by atoms with Gasteiger partial charge in [-0.05, 0) is 49.0 Å². The predicted molar refractivity (Wildman–Crippen MR) is 115 cm³/mol. The molecule has 1 aliphatic heterocycles. The highest BCUT2D eigenvalue weighted by Crippen LogP contribution is 2.41. The van der Waals surface area contributed by atoms with Crippen LogP contribution in [-0.2, 0) is 0 Å². The lowest BCUT2D eigenvalue weighted by molar-refractivity contribution is -0.384. The number of nitro benzene ring substituents is 1. The Hall–Kier alpha value is -3.30. The average Bonchev–Trinajstić information content (AvgIpc) is 3.37. The number of nitro groups is 1. The normalized spacial score (nSPS) is 18.4. The number of thiocarbonyl (C=S) groups is 1. The highest BCUT2D eigenvalue weighted by atomic mass is 32.1. The molecule has 1 fully saturated rings. The number of hydrogen-bond donors (Lipinski definition) is 2. The summed E-state index contributed by atoms with van der Waals surface area (Å²) in [5.41, 5.74) is 1.20. The van der Waals surface area contributed by atoms with Crippen LogP contribution in [-0.4, -0.2) is 38.2 Å². The minimum atomic E-state index is -0.423. The largest absolute Gasteiger partial charge is 0.459 e. The van der Waals surface area contributed by atoms with E-state index in [1.807, 2.05) is 29.2 Å². The molecular formula is C21H20N4O4S. The van der Waals surface area contributed by atoms with Gasteiger partial charge in [0.1, 0.15) is 17.6 Å². The molecule has 2 aromatic heterocycles. The van der Waals surface area contributed by atoms with Crippen LogP contribution in [0.3, 0.4) is 0 Å². The molecule has 9 heteroatoms. The number of nitrogens with zero attached hydrogens (tertiary/aromatic N) is 3. The zero-order valence-electron chi connectivity index (χ0n) is 16.0. The summed E-state index contributed by atoms with van der Waals surface area (Å²) in [4.78, 5) is 17.4. The van der Waals surface area contributed by atoms with Crippen LogP contribution in [0.1, 0.15) is 30.0 Å². The molecule has 0 bridgehead atoms. The summed E-state index contributed by atoms with van der Waals surface area (Å²) in [6.45, 7) is 0.581. The van der Waals surface area contributed by atoms with Crippen LogP contribution < -0.4 is 5.32 Å². The molecular weight excluding hydrogens is 404 g/mol. The van der Waals surface area contributed by atoms with Gasteiger partial charge in [0.05, 0.1) is 22.2 Å². The molecule has 0 amide bonds. The molecule has 1 aromatic carbocycles. The number of rotatable bonds is 7. The van der Waals surface area contributed by atoms with E-state index in [0.717, 1.165) is 5.69 Å². The number of hydrogen-bond acceptors (Lipinski definition) is 6. The fourth-order valence-electron chi connectivity index (χ4n) is 3.69. The van der Waals surface area contributed by atoms with Crippen molar-refractivity contribution in [1.29, 1.82) is 0 Å². The van der Waals surface area contributed by atoms with Gasteiger partial charge in [0.25, 0.3) is 5.69 Å². The lowest BCUT2D eigenvalue weighted by Crippen LogP contribution is -2.30. The summed E-state index contributed by atoms with van der Waals surface area (Å²) in [7, 11) is 0. The van der Waals surface area contributed by atoms with Crippen molar-refractivity contribution < 1.29 is 14.4 Å². The molecule has 3 aromatic rings. The number of benzene rings is 1. The van der Waals surface area contributed by atoms with Gasteiger partial charge in [-0.1, -0.05) is 18.2 Å². The second-order valence-corrected chi connectivity index (χ2v) is 7.26. The van der Waals surface area contributed by atoms with E-state index in [1.54, 1.807) is 30.5 Å². The fraction of sp³-hybridized carbons (Fsp3) is 0.238. The Morgan fingerprint density at radius 3 is 2.73 bits per heavy atom. The summed E-state index contributed by atoms with van der Waals surface area (Å²) >= 11 is 5.54. The average molecular weight is 424 g/mol. The minimum Gasteiger partial charge on any atom is -0.459 e. The van der Waals surface area contributed by atoms with Crippen molar-refractivity contribution in [2.45, 2.75) is 18.5 Å². The third-order valence-corrected chi connectivity index (χ3v) is 5.39. The predicted octanol–water partition coefficient (Wildman–Crippen LogP) is 3.60. The van der Waals surface area contributed by atoms with Gasteiger partial charge in [0, 0.05) is 25.4 Å². The van der Waals surface area contributed by atoms with Crippen molar-refractivity contribution in [3.8, 4) is 11.3 Å². The topological polar surface area (TPSA) is 105 Å². The summed E-state index contributed by atoms with van der Waals surface area (Å²) < 4.78 is 6.12. The van der Waals surface area contributed by atoms with Crippen LogP contribution in [0.4, 0.5) is 5.69 Å². The van der Waals surface area contributed by atoms with E-state index in [0.29, 0.717) is 35.2 Å². The Morgan fingerprint density at radius 1 is 1.20 bits per heavy atom. The van der Waals surface area contributed by atoms with Gasteiger partial charge in [0.2, 0.25) is 0 Å². The van der Waals surface area contributed by atoms with Gasteiger partial charge < -0.3 is 19.7 Å². The van der Waals surface area contributed by atoms with E-state index in [-0.39, 0.29) is 24.4 Å². The van der Waals surface area contributed by atoms with Crippen LogP contribution in [0.2, 0.25) is 0 Å². The molecule has 0 unspecified atom stereocenters. The van der Waals surface area contributed by atoms with Gasteiger partial charge in [-0.25, -0.2) is 0 Å². The molecule has 8 nitrogen and oxygen atoms in total. The van der Waals surface area contributed by atoms with Crippen LogP contribution >= 0.6 is 12.2 Å². The number of furan rings is 1. The second-order valence-electron chi connectivity index (χ2n) is 6.87. The van der Waals surface area contributed by atoms with Gasteiger partial charge in [-0.3, -0.25) is 15.1 Å². The van der Waals surface area contributed by atoms with E-state index >= 15 is 0 Å². The van der Waals surface area contributed by atoms with Crippen molar-refractivity contribution in [3.63, 3.8) is 0 Å². The number of aliphatic hydroxyl groups excluding tert-OH is 1. The smallest absolute Gasteiger partial charge is 0.280 e. The third kappa shape index (κ3) is 3.77. The Kier molecular flexibility index (Phi) is 5.73. The maximum atomic E-state index is 11.4. The zero-order chi connectivity index (χ0) is 21.1. The van der Waals surface area contributed by atoms with Crippen molar-refractivity contribution in [1.82, 2.24) is 15.2 Å². The first-order valence-corrected chi connectivity index (χ1v) is 9.93. The van der Waals surface area contributed by atoms with Crippen molar-refractivity contribution in [2.75, 3.05) is 13.2 Å². The lowest BCUT2D eigenvalue weighted by Gasteiger charge is -2.25. The summed E-state index contributed by atoms with van der Waals surface area (Å²) in [6, 6.07) is 15.1. The minimum absolute atomic E-state index is 0.0168. The molecule has 2 N–H and O–H groups in total. The summed E-state index contributed by atoms with van der Waals surface area (Å²) in [5, 5.41) is 24.6. The molecule has 0 radical (unpaired) electrons. The third-order valence-electron chi connectivity index (χ3n) is 5.04. The Bertz CT molecular complexity index is 1060. The molecule has 0 spiro atoms. The van der Waals surface area contributed by atoms with E-state index in [2.05, 4.69) is 10.3 Å².